The third kappa shape index (κ3) is 5.30. The van der Waals surface area contributed by atoms with Gasteiger partial charge < -0.3 is 0 Å². The molecule has 0 N–H and O–H groups in total. The minimum Gasteiger partial charge on any atom is -0.295 e. The first-order valence-electron chi connectivity index (χ1n) is 2.43. The predicted octanol–water partition coefficient (Wildman–Crippen LogP) is 1.02. The highest BCUT2D eigenvalue weighted by atomic mass is 32.2. The third-order valence-corrected chi connectivity index (χ3v) is 1.19. The topological polar surface area (TPSA) is 34.1 Å². The molecule has 0 heterocycles. The van der Waals surface area contributed by atoms with Gasteiger partial charge in [0.1, 0.15) is 0 Å². The van der Waals surface area contributed by atoms with Crippen LogP contribution in [0.25, 0.3) is 0 Å². The van der Waals surface area contributed by atoms with E-state index >= 15 is 0 Å². The highest BCUT2D eigenvalue weighted by Gasteiger charge is 1.89. The summed E-state index contributed by atoms with van der Waals surface area (Å²) in [7, 11) is 0. The van der Waals surface area contributed by atoms with Crippen molar-refractivity contribution in [2.45, 2.75) is 6.92 Å². The number of hydrogen-bond donors (Lipinski definition) is 0. The molecule has 0 aromatic heterocycles. The molecule has 0 unspecified atom stereocenters. The standard InChI is InChI=1S/C6H8O2S/c1-5(7)3-4-6(8)9-2/h3-4H,1-2H3/b4-3-. The van der Waals surface area contributed by atoms with Crippen molar-refractivity contribution in [3.8, 4) is 0 Å². The van der Waals surface area contributed by atoms with Crippen molar-refractivity contribution < 1.29 is 9.59 Å². The molecule has 2 nitrogen and oxygen atoms in total. The summed E-state index contributed by atoms with van der Waals surface area (Å²) in [6.07, 6.45) is 4.21. The van der Waals surface area contributed by atoms with Crippen LogP contribution >= 0.6 is 11.8 Å². The summed E-state index contributed by atoms with van der Waals surface area (Å²) in [5, 5.41) is -0.0924. The molecule has 0 saturated carbocycles. The van der Waals surface area contributed by atoms with E-state index in [1.54, 1.807) is 6.26 Å². The molecule has 0 aliphatic rings. The third-order valence-electron chi connectivity index (χ3n) is 0.655. The van der Waals surface area contributed by atoms with Crippen molar-refractivity contribution in [2.75, 3.05) is 6.26 Å². The first-order valence-corrected chi connectivity index (χ1v) is 3.66. The van der Waals surface area contributed by atoms with E-state index in [4.69, 9.17) is 0 Å². The second-order valence-electron chi connectivity index (χ2n) is 1.47. The fourth-order valence-corrected chi connectivity index (χ4v) is 0.458. The van der Waals surface area contributed by atoms with Gasteiger partial charge in [-0.25, -0.2) is 0 Å². The van der Waals surface area contributed by atoms with Crippen LogP contribution in [0.4, 0.5) is 0 Å². The van der Waals surface area contributed by atoms with Gasteiger partial charge in [-0.15, -0.1) is 0 Å². The number of hydrogen-bond acceptors (Lipinski definition) is 3. The van der Waals surface area contributed by atoms with E-state index in [0.29, 0.717) is 0 Å². The maximum absolute atomic E-state index is 10.4. The zero-order valence-corrected chi connectivity index (χ0v) is 6.20. The van der Waals surface area contributed by atoms with Crippen LogP contribution in [-0.4, -0.2) is 17.2 Å². The van der Waals surface area contributed by atoms with Gasteiger partial charge >= 0.3 is 0 Å². The minimum absolute atomic E-state index is 0.0924. The summed E-state index contributed by atoms with van der Waals surface area (Å²) >= 11 is 1.09. The number of carbonyl (C=O) groups excluding carboxylic acids is 2. The number of rotatable bonds is 2. The number of carbonyl (C=O) groups is 2. The van der Waals surface area contributed by atoms with Crippen molar-refractivity contribution in [3.63, 3.8) is 0 Å². The van der Waals surface area contributed by atoms with Crippen LogP contribution in [0.2, 0.25) is 0 Å². The lowest BCUT2D eigenvalue weighted by Gasteiger charge is -1.80. The highest BCUT2D eigenvalue weighted by molar-refractivity contribution is 8.13. The van der Waals surface area contributed by atoms with E-state index in [-0.39, 0.29) is 10.9 Å². The average Bonchev–Trinajstić information content (AvgIpc) is 1.83. The van der Waals surface area contributed by atoms with Crippen LogP contribution in [0, 0.1) is 0 Å². The summed E-state index contributed by atoms with van der Waals surface area (Å²) in [6, 6.07) is 0. The number of allylic oxidation sites excluding steroid dienone is 1. The Hall–Kier alpha value is -0.570. The number of ketones is 1. The molecule has 0 fully saturated rings. The maximum atomic E-state index is 10.4. The molecule has 0 aromatic carbocycles. The van der Waals surface area contributed by atoms with Gasteiger partial charge in [0.15, 0.2) is 5.78 Å². The lowest BCUT2D eigenvalue weighted by Crippen LogP contribution is -1.85. The molecule has 3 heteroatoms. The summed E-state index contributed by atoms with van der Waals surface area (Å²) < 4.78 is 0. The van der Waals surface area contributed by atoms with Crippen LogP contribution in [0.1, 0.15) is 6.92 Å². The molecule has 0 aromatic rings. The van der Waals surface area contributed by atoms with Crippen molar-refractivity contribution >= 4 is 22.7 Å². The van der Waals surface area contributed by atoms with Crippen LogP contribution in [0.5, 0.6) is 0 Å². The lowest BCUT2D eigenvalue weighted by molar-refractivity contribution is -0.113. The Balaban J connectivity index is 3.71. The molecule has 9 heavy (non-hydrogen) atoms. The van der Waals surface area contributed by atoms with Crippen LogP contribution in [-0.2, 0) is 9.59 Å². The zero-order valence-electron chi connectivity index (χ0n) is 5.38. The summed E-state index contributed by atoms with van der Waals surface area (Å²) in [6.45, 7) is 1.41. The molecule has 0 spiro atoms. The Kier molecular flexibility index (Phi) is 4.05. The molecule has 0 rings (SSSR count). The van der Waals surface area contributed by atoms with Crippen LogP contribution in [0.3, 0.4) is 0 Å². The summed E-state index contributed by atoms with van der Waals surface area (Å²) in [5.74, 6) is -0.0996. The smallest absolute Gasteiger partial charge is 0.212 e. The van der Waals surface area contributed by atoms with Gasteiger partial charge in [-0.1, -0.05) is 11.8 Å². The van der Waals surface area contributed by atoms with E-state index in [1.165, 1.54) is 19.1 Å². The zero-order chi connectivity index (χ0) is 7.28. The van der Waals surface area contributed by atoms with Gasteiger partial charge in [-0.3, -0.25) is 9.59 Å². The van der Waals surface area contributed by atoms with Crippen molar-refractivity contribution in [3.05, 3.63) is 12.2 Å². The molecular formula is C6H8O2S. The largest absolute Gasteiger partial charge is 0.295 e. The molecule has 0 aliphatic carbocycles. The van der Waals surface area contributed by atoms with Gasteiger partial charge in [0.2, 0.25) is 5.12 Å². The van der Waals surface area contributed by atoms with E-state index < -0.39 is 0 Å². The average molecular weight is 144 g/mol. The predicted molar refractivity (Wildman–Crippen MR) is 38.3 cm³/mol. The van der Waals surface area contributed by atoms with Crippen molar-refractivity contribution in [1.82, 2.24) is 0 Å². The molecule has 50 valence electrons. The Bertz CT molecular complexity index is 149. The quantitative estimate of drug-likeness (QED) is 0.543. The fourth-order valence-electron chi connectivity index (χ4n) is 0.253. The molecule has 0 aliphatic heterocycles. The minimum atomic E-state index is -0.0996. The van der Waals surface area contributed by atoms with Gasteiger partial charge in [0.05, 0.1) is 0 Å². The van der Waals surface area contributed by atoms with Crippen molar-refractivity contribution in [1.29, 1.82) is 0 Å². The molecular weight excluding hydrogens is 136 g/mol. The summed E-state index contributed by atoms with van der Waals surface area (Å²) in [5.41, 5.74) is 0. The van der Waals surface area contributed by atoms with Gasteiger partial charge in [-0.2, -0.15) is 0 Å². The monoisotopic (exact) mass is 144 g/mol. The molecule has 0 bridgehead atoms. The van der Waals surface area contributed by atoms with Gasteiger partial charge in [-0.05, 0) is 25.3 Å². The van der Waals surface area contributed by atoms with Gasteiger partial charge in [0, 0.05) is 0 Å². The second kappa shape index (κ2) is 4.32. The molecule has 0 atom stereocenters. The first-order chi connectivity index (χ1) is 4.16. The Labute approximate surface area is 58.3 Å². The van der Waals surface area contributed by atoms with E-state index in [2.05, 4.69) is 0 Å². The SMILES string of the molecule is CSC(=O)/C=C\C(C)=O. The Morgan fingerprint density at radius 3 is 2.22 bits per heavy atom. The van der Waals surface area contributed by atoms with Gasteiger partial charge in [0.25, 0.3) is 0 Å². The van der Waals surface area contributed by atoms with E-state index in [0.717, 1.165) is 11.8 Å². The first kappa shape index (κ1) is 8.43. The van der Waals surface area contributed by atoms with Crippen LogP contribution < -0.4 is 0 Å². The fraction of sp³-hybridized carbons (Fsp3) is 0.333. The van der Waals surface area contributed by atoms with Crippen LogP contribution in [0.15, 0.2) is 12.2 Å². The molecule has 0 amide bonds. The van der Waals surface area contributed by atoms with Crippen molar-refractivity contribution in [2.24, 2.45) is 0 Å². The second-order valence-corrected chi connectivity index (χ2v) is 2.28. The molecule has 0 radical (unpaired) electrons. The Morgan fingerprint density at radius 1 is 1.33 bits per heavy atom. The number of thioether (sulfide) groups is 1. The highest BCUT2D eigenvalue weighted by Crippen LogP contribution is 1.94. The normalized spacial score (nSPS) is 10.0. The van der Waals surface area contributed by atoms with E-state index in [9.17, 15) is 9.59 Å². The molecule has 0 saturated heterocycles. The summed E-state index contributed by atoms with van der Waals surface area (Å²) in [4.78, 5) is 20.7. The maximum Gasteiger partial charge on any atom is 0.212 e. The van der Waals surface area contributed by atoms with E-state index in [1.807, 2.05) is 0 Å². The Morgan fingerprint density at radius 2 is 1.89 bits per heavy atom. The lowest BCUT2D eigenvalue weighted by atomic mass is 10.4.